The van der Waals surface area contributed by atoms with Crippen molar-refractivity contribution in [1.29, 1.82) is 0 Å². The van der Waals surface area contributed by atoms with E-state index >= 15 is 0 Å². The number of aromatic nitrogens is 1. The fraction of sp³-hybridized carbons (Fsp3) is 0.343. The van der Waals surface area contributed by atoms with Crippen molar-refractivity contribution in [3.63, 3.8) is 0 Å². The Morgan fingerprint density at radius 1 is 0.487 bits per heavy atom. The molecule has 0 unspecified atom stereocenters. The number of thiophene rings is 1. The van der Waals surface area contributed by atoms with Gasteiger partial charge in [-0.15, -0.1) is 11.3 Å². The fourth-order valence-corrected chi connectivity index (χ4v) is 10.6. The highest BCUT2D eigenvalue weighted by Gasteiger charge is 2.19. The molecule has 2 aromatic heterocycles. The number of carboxylic acid groups (broad SMARTS) is 1. The van der Waals surface area contributed by atoms with Gasteiger partial charge in [0.15, 0.2) is 12.4 Å². The molecule has 0 spiro atoms. The van der Waals surface area contributed by atoms with Crippen molar-refractivity contribution in [3.8, 4) is 66.1 Å². The van der Waals surface area contributed by atoms with Crippen molar-refractivity contribution in [1.82, 2.24) is 0 Å². The fourth-order valence-electron chi connectivity index (χ4n) is 9.40. The Hall–Kier alpha value is -7.10. The largest absolute Gasteiger partial charge is 0.493 e. The second kappa shape index (κ2) is 28.2. The van der Waals surface area contributed by atoms with E-state index in [1.807, 2.05) is 41.9 Å². The number of rotatable bonds is 30. The van der Waals surface area contributed by atoms with Crippen molar-refractivity contribution in [2.45, 2.75) is 125 Å². The van der Waals surface area contributed by atoms with Gasteiger partial charge in [0.05, 0.1) is 26.4 Å². The molecule has 8 rings (SSSR count). The van der Waals surface area contributed by atoms with Crippen molar-refractivity contribution < 1.29 is 33.4 Å². The minimum absolute atomic E-state index is 0.0658. The first-order valence-electron chi connectivity index (χ1n) is 28.0. The zero-order chi connectivity index (χ0) is 53.1. The summed E-state index contributed by atoms with van der Waals surface area (Å²) < 4.78 is 26.8. The number of nitrogens with zero attached hydrogens (tertiary/aromatic N) is 2. The first kappa shape index (κ1) is 55.1. The van der Waals surface area contributed by atoms with Crippen LogP contribution in [0.15, 0.2) is 152 Å². The van der Waals surface area contributed by atoms with E-state index in [-0.39, 0.29) is 6.54 Å². The molecule has 0 aliphatic rings. The molecule has 0 fully saturated rings. The molecule has 1 N–H and O–H groups in total. The van der Waals surface area contributed by atoms with Crippen LogP contribution in [0.2, 0.25) is 0 Å². The monoisotopic (exact) mass is 1040 g/mol. The first-order valence-corrected chi connectivity index (χ1v) is 28.8. The summed E-state index contributed by atoms with van der Waals surface area (Å²) in [6, 6.07) is 50.1. The van der Waals surface area contributed by atoms with Gasteiger partial charge in [-0.3, -0.25) is 0 Å². The third kappa shape index (κ3) is 14.6. The number of fused-ring (bicyclic) bond motifs is 1. The lowest BCUT2D eigenvalue weighted by Crippen LogP contribution is -2.36. The smallest absolute Gasteiger partial charge is 0.370 e. The summed E-state index contributed by atoms with van der Waals surface area (Å²) in [7, 11) is 0. The maximum atomic E-state index is 11.4. The van der Waals surface area contributed by atoms with Gasteiger partial charge in [0.2, 0.25) is 6.54 Å². The Kier molecular flexibility index (Phi) is 20.4. The van der Waals surface area contributed by atoms with Crippen molar-refractivity contribution in [3.05, 3.63) is 157 Å². The summed E-state index contributed by atoms with van der Waals surface area (Å²) in [5.74, 6) is 2.48. The number of hydrogen-bond donors (Lipinski definition) is 1. The maximum Gasteiger partial charge on any atom is 0.370 e. The van der Waals surface area contributed by atoms with E-state index in [0.29, 0.717) is 26.4 Å². The number of carbonyl (C=O) groups is 1. The molecule has 0 bridgehead atoms. The predicted molar refractivity (Wildman–Crippen MR) is 316 cm³/mol. The molecule has 8 nitrogen and oxygen atoms in total. The SMILES string of the molecule is CCCCCCc1cc(-c2ccc3c[n+](CC(=O)O)ccc3c2)sc1-c1ccc(N(c2ccc(-c3ccc(OCCCC)cc3OCCCC)cc2)c2ccc(-c3ccc(OCCCC)cc3OCCCC)cc2)cc1. The minimum Gasteiger partial charge on any atom is -0.493 e. The van der Waals surface area contributed by atoms with E-state index in [1.54, 1.807) is 4.57 Å². The third-order valence-corrected chi connectivity index (χ3v) is 15.0. The van der Waals surface area contributed by atoms with E-state index in [1.165, 1.54) is 40.1 Å². The van der Waals surface area contributed by atoms with Crippen LogP contribution in [0.1, 0.15) is 117 Å². The van der Waals surface area contributed by atoms with Crippen molar-refractivity contribution in [2.75, 3.05) is 31.3 Å². The lowest BCUT2D eigenvalue weighted by molar-refractivity contribution is -0.684. The number of aliphatic carboxylic acids is 1. The zero-order valence-corrected chi connectivity index (χ0v) is 46.3. The van der Waals surface area contributed by atoms with Crippen LogP contribution in [0.5, 0.6) is 23.0 Å². The van der Waals surface area contributed by atoms with Gasteiger partial charge in [0.25, 0.3) is 0 Å². The number of carboxylic acids is 1. The number of hydrogen-bond acceptors (Lipinski definition) is 7. The van der Waals surface area contributed by atoms with Crippen molar-refractivity contribution in [2.24, 2.45) is 0 Å². The number of anilines is 3. The van der Waals surface area contributed by atoms with Gasteiger partial charge in [0.1, 0.15) is 23.0 Å². The average molecular weight is 1040 g/mol. The number of pyridine rings is 1. The quantitative estimate of drug-likeness (QED) is 0.0355. The van der Waals surface area contributed by atoms with Gasteiger partial charge in [0, 0.05) is 61.5 Å². The van der Waals surface area contributed by atoms with Gasteiger partial charge in [-0.2, -0.15) is 4.57 Å². The van der Waals surface area contributed by atoms with E-state index in [9.17, 15) is 9.90 Å². The molecule has 2 heterocycles. The highest BCUT2D eigenvalue weighted by Crippen LogP contribution is 2.44. The standard InChI is InChI=1S/C67H76N2O6S/c1-6-11-16-17-18-54-44-65(53-19-20-55-47-68(48-66(70)71)38-37-52(55)43-53)76-67(54)51-25-31-58(32-26-51)69(56-27-21-49(22-28-56)61-35-33-59(72-39-12-7-2)45-63(61)74-41-14-9-4)57-29-23-50(24-30-57)62-36-34-60(73-40-13-8-3)46-64(62)75-42-15-10-5/h19-38,43-47H,6-18,39-42,48H2,1-5H3/p+1. The number of unbranched alkanes of at least 4 members (excludes halogenated alkanes) is 7. The molecule has 76 heavy (non-hydrogen) atoms. The molecule has 0 aliphatic heterocycles. The van der Waals surface area contributed by atoms with Crippen LogP contribution in [-0.2, 0) is 17.8 Å². The Labute approximate surface area is 455 Å². The molecule has 0 aliphatic carbocycles. The maximum absolute atomic E-state index is 11.4. The van der Waals surface area contributed by atoms with Gasteiger partial charge < -0.3 is 29.0 Å². The number of aryl methyl sites for hydroxylation is 1. The second-order valence-corrected chi connectivity index (χ2v) is 20.8. The Morgan fingerprint density at radius 2 is 0.974 bits per heavy atom. The first-order chi connectivity index (χ1) is 37.3. The normalized spacial score (nSPS) is 11.2. The molecule has 0 radical (unpaired) electrons. The molecule has 396 valence electrons. The molecule has 9 heteroatoms. The van der Waals surface area contributed by atoms with Crippen LogP contribution >= 0.6 is 11.3 Å². The Morgan fingerprint density at radius 3 is 1.47 bits per heavy atom. The summed E-state index contributed by atoms with van der Waals surface area (Å²) in [5, 5.41) is 11.5. The average Bonchev–Trinajstić information content (AvgIpc) is 3.89. The third-order valence-electron chi connectivity index (χ3n) is 13.8. The summed E-state index contributed by atoms with van der Waals surface area (Å²) in [5.41, 5.74) is 11.1. The lowest BCUT2D eigenvalue weighted by atomic mass is 10.0. The van der Waals surface area contributed by atoms with E-state index in [2.05, 4.69) is 161 Å². The Balaban J connectivity index is 1.15. The number of ether oxygens (including phenoxy) is 4. The molecular weight excluding hydrogens is 961 g/mol. The highest BCUT2D eigenvalue weighted by atomic mass is 32.1. The van der Waals surface area contributed by atoms with E-state index in [0.717, 1.165) is 143 Å². The van der Waals surface area contributed by atoms with Gasteiger partial charge in [-0.05, 0) is 151 Å². The molecule has 0 atom stereocenters. The molecule has 8 aromatic rings. The minimum atomic E-state index is -0.857. The van der Waals surface area contributed by atoms with Crippen LogP contribution in [0.25, 0.3) is 53.9 Å². The van der Waals surface area contributed by atoms with Gasteiger partial charge in [-0.25, -0.2) is 4.79 Å². The summed E-state index contributed by atoms with van der Waals surface area (Å²) in [6.07, 6.45) is 17.8. The summed E-state index contributed by atoms with van der Waals surface area (Å²) >= 11 is 1.85. The van der Waals surface area contributed by atoms with Gasteiger partial charge in [-0.1, -0.05) is 122 Å². The molecule has 0 saturated heterocycles. The molecule has 6 aromatic carbocycles. The second-order valence-electron chi connectivity index (χ2n) is 19.7. The highest BCUT2D eigenvalue weighted by molar-refractivity contribution is 7.19. The van der Waals surface area contributed by atoms with Crippen LogP contribution in [0.3, 0.4) is 0 Å². The number of benzene rings is 6. The van der Waals surface area contributed by atoms with E-state index in [4.69, 9.17) is 18.9 Å². The predicted octanol–water partition coefficient (Wildman–Crippen LogP) is 18.2. The van der Waals surface area contributed by atoms with Gasteiger partial charge >= 0.3 is 5.97 Å². The molecule has 0 saturated carbocycles. The topological polar surface area (TPSA) is 81.3 Å². The summed E-state index contributed by atoms with van der Waals surface area (Å²) in [4.78, 5) is 16.3. The zero-order valence-electron chi connectivity index (χ0n) is 45.5. The van der Waals surface area contributed by atoms with Crippen LogP contribution < -0.4 is 28.4 Å². The summed E-state index contributed by atoms with van der Waals surface area (Å²) in [6.45, 7) is 13.6. The van der Waals surface area contributed by atoms with Crippen LogP contribution in [0.4, 0.5) is 17.1 Å². The van der Waals surface area contributed by atoms with E-state index < -0.39 is 5.97 Å². The lowest BCUT2D eigenvalue weighted by Gasteiger charge is -2.26. The van der Waals surface area contributed by atoms with Crippen LogP contribution in [-0.4, -0.2) is 37.5 Å². The molecule has 0 amide bonds. The Bertz CT molecular complexity index is 2980. The van der Waals surface area contributed by atoms with Crippen molar-refractivity contribution >= 4 is 45.1 Å². The van der Waals surface area contributed by atoms with Crippen LogP contribution in [0, 0.1) is 0 Å². The molecular formula is C67H77N2O6S+.